The van der Waals surface area contributed by atoms with E-state index in [0.29, 0.717) is 28.7 Å². The zero-order valence-corrected chi connectivity index (χ0v) is 16.5. The monoisotopic (exact) mass is 389 g/mol. The number of methoxy groups -OCH3 is 2. The fourth-order valence-corrected chi connectivity index (χ4v) is 4.55. The average Bonchev–Trinajstić information content (AvgIpc) is 3.22. The number of benzene rings is 1. The maximum atomic E-state index is 12.6. The summed E-state index contributed by atoms with van der Waals surface area (Å²) in [6.07, 6.45) is 3.00. The van der Waals surface area contributed by atoms with Crippen LogP contribution in [0.1, 0.15) is 39.7 Å². The minimum atomic E-state index is -0.363. The number of rotatable bonds is 7. The van der Waals surface area contributed by atoms with Crippen LogP contribution in [-0.4, -0.2) is 32.7 Å². The molecule has 0 unspecified atom stereocenters. The molecule has 144 valence electrons. The number of esters is 1. The molecule has 0 fully saturated rings. The van der Waals surface area contributed by atoms with E-state index in [-0.39, 0.29) is 18.3 Å². The Bertz CT molecular complexity index is 858. The molecule has 1 aromatic heterocycles. The highest BCUT2D eigenvalue weighted by Gasteiger charge is 2.28. The number of carbonyl (C=O) groups excluding carboxylic acids is 2. The third-order valence-corrected chi connectivity index (χ3v) is 5.67. The van der Waals surface area contributed by atoms with Gasteiger partial charge in [0.2, 0.25) is 5.91 Å². The maximum absolute atomic E-state index is 12.6. The standard InChI is InChI=1S/C20H23NO5S/c1-4-26-20(23)18-13-6-5-7-16(13)27-19(18)21-17(22)11-12-8-9-14(24-2)15(10-12)25-3/h8-10H,4-7,11H2,1-3H3,(H,21,22). The number of carbonyl (C=O) groups is 2. The second-order valence-corrected chi connectivity index (χ2v) is 7.30. The topological polar surface area (TPSA) is 73.9 Å². The molecule has 0 bridgehead atoms. The Balaban J connectivity index is 1.78. The van der Waals surface area contributed by atoms with Gasteiger partial charge in [-0.05, 0) is 49.4 Å². The third-order valence-electron chi connectivity index (χ3n) is 4.47. The highest BCUT2D eigenvalue weighted by atomic mass is 32.1. The molecule has 1 aromatic carbocycles. The second kappa shape index (κ2) is 8.43. The predicted octanol–water partition coefficient (Wildman–Crippen LogP) is 3.61. The summed E-state index contributed by atoms with van der Waals surface area (Å²) in [5.41, 5.74) is 2.35. The molecule has 1 heterocycles. The van der Waals surface area contributed by atoms with E-state index in [0.717, 1.165) is 30.4 Å². The number of ether oxygens (including phenoxy) is 3. The van der Waals surface area contributed by atoms with Crippen molar-refractivity contribution in [3.05, 3.63) is 39.8 Å². The molecule has 0 aliphatic heterocycles. The second-order valence-electron chi connectivity index (χ2n) is 6.20. The fraction of sp³-hybridized carbons (Fsp3) is 0.400. The molecule has 1 N–H and O–H groups in total. The van der Waals surface area contributed by atoms with E-state index in [1.54, 1.807) is 33.3 Å². The summed E-state index contributed by atoms with van der Waals surface area (Å²) in [6.45, 7) is 2.09. The van der Waals surface area contributed by atoms with Crippen molar-refractivity contribution in [3.63, 3.8) is 0 Å². The van der Waals surface area contributed by atoms with Gasteiger partial charge < -0.3 is 19.5 Å². The van der Waals surface area contributed by atoms with E-state index in [1.807, 2.05) is 6.07 Å². The number of nitrogens with one attached hydrogen (secondary N) is 1. The highest BCUT2D eigenvalue weighted by Crippen LogP contribution is 2.39. The van der Waals surface area contributed by atoms with Crippen LogP contribution in [0.2, 0.25) is 0 Å². The number of amides is 1. The Morgan fingerprint density at radius 3 is 2.63 bits per heavy atom. The lowest BCUT2D eigenvalue weighted by Gasteiger charge is -2.10. The molecular formula is C20H23NO5S. The molecule has 6 nitrogen and oxygen atoms in total. The van der Waals surface area contributed by atoms with Gasteiger partial charge in [0, 0.05) is 4.88 Å². The van der Waals surface area contributed by atoms with Gasteiger partial charge in [-0.1, -0.05) is 6.07 Å². The van der Waals surface area contributed by atoms with Gasteiger partial charge in [-0.25, -0.2) is 4.79 Å². The van der Waals surface area contributed by atoms with Gasteiger partial charge in [0.15, 0.2) is 11.5 Å². The normalized spacial score (nSPS) is 12.4. The number of aryl methyl sites for hydroxylation is 1. The third kappa shape index (κ3) is 4.08. The molecule has 7 heteroatoms. The van der Waals surface area contributed by atoms with Crippen molar-refractivity contribution in [2.75, 3.05) is 26.1 Å². The Morgan fingerprint density at radius 1 is 1.15 bits per heavy atom. The Kier molecular flexibility index (Phi) is 6.01. The minimum absolute atomic E-state index is 0.172. The minimum Gasteiger partial charge on any atom is -0.493 e. The smallest absolute Gasteiger partial charge is 0.341 e. The molecule has 1 amide bonds. The Morgan fingerprint density at radius 2 is 1.93 bits per heavy atom. The highest BCUT2D eigenvalue weighted by molar-refractivity contribution is 7.17. The first-order valence-corrected chi connectivity index (χ1v) is 9.71. The molecule has 1 aliphatic carbocycles. The van der Waals surface area contributed by atoms with E-state index in [9.17, 15) is 9.59 Å². The van der Waals surface area contributed by atoms with Crippen molar-refractivity contribution in [3.8, 4) is 11.5 Å². The summed E-state index contributed by atoms with van der Waals surface area (Å²) in [5.74, 6) is 0.636. The van der Waals surface area contributed by atoms with Crippen LogP contribution in [0, 0.1) is 0 Å². The maximum Gasteiger partial charge on any atom is 0.341 e. The first-order valence-electron chi connectivity index (χ1n) is 8.89. The molecule has 1 aliphatic rings. The summed E-state index contributed by atoms with van der Waals surface area (Å²) >= 11 is 1.48. The number of hydrogen-bond acceptors (Lipinski definition) is 6. The van der Waals surface area contributed by atoms with Crippen LogP contribution in [0.25, 0.3) is 0 Å². The van der Waals surface area contributed by atoms with Crippen molar-refractivity contribution in [2.24, 2.45) is 0 Å². The summed E-state index contributed by atoms with van der Waals surface area (Å²) in [4.78, 5) is 26.1. The van der Waals surface area contributed by atoms with Crippen molar-refractivity contribution in [1.82, 2.24) is 0 Å². The van der Waals surface area contributed by atoms with Crippen LogP contribution in [-0.2, 0) is 28.8 Å². The van der Waals surface area contributed by atoms with Crippen LogP contribution in [0.4, 0.5) is 5.00 Å². The van der Waals surface area contributed by atoms with E-state index in [1.165, 1.54) is 16.2 Å². The van der Waals surface area contributed by atoms with Gasteiger partial charge in [-0.15, -0.1) is 11.3 Å². The lowest BCUT2D eigenvalue weighted by molar-refractivity contribution is -0.115. The van der Waals surface area contributed by atoms with Gasteiger partial charge in [0.05, 0.1) is 32.8 Å². The summed E-state index contributed by atoms with van der Waals surface area (Å²) < 4.78 is 15.7. The van der Waals surface area contributed by atoms with Gasteiger partial charge in [-0.2, -0.15) is 0 Å². The molecule has 0 radical (unpaired) electrons. The van der Waals surface area contributed by atoms with Crippen molar-refractivity contribution < 1.29 is 23.8 Å². The molecule has 2 aromatic rings. The van der Waals surface area contributed by atoms with Crippen LogP contribution in [0.5, 0.6) is 11.5 Å². The van der Waals surface area contributed by atoms with Crippen LogP contribution < -0.4 is 14.8 Å². The van der Waals surface area contributed by atoms with Crippen LogP contribution in [0.3, 0.4) is 0 Å². The van der Waals surface area contributed by atoms with Gasteiger partial charge in [-0.3, -0.25) is 4.79 Å². The van der Waals surface area contributed by atoms with Crippen LogP contribution in [0.15, 0.2) is 18.2 Å². The fourth-order valence-electron chi connectivity index (χ4n) is 3.26. The van der Waals surface area contributed by atoms with E-state index in [2.05, 4.69) is 5.32 Å². The summed E-state index contributed by atoms with van der Waals surface area (Å²) in [7, 11) is 3.12. The van der Waals surface area contributed by atoms with Crippen molar-refractivity contribution >= 4 is 28.2 Å². The molecule has 0 spiro atoms. The number of thiophene rings is 1. The van der Waals surface area contributed by atoms with Gasteiger partial charge in [0.25, 0.3) is 0 Å². The zero-order valence-electron chi connectivity index (χ0n) is 15.7. The largest absolute Gasteiger partial charge is 0.493 e. The molecule has 0 atom stereocenters. The average molecular weight is 389 g/mol. The van der Waals surface area contributed by atoms with Crippen molar-refractivity contribution in [1.29, 1.82) is 0 Å². The predicted molar refractivity (Wildman–Crippen MR) is 104 cm³/mol. The number of hydrogen-bond donors (Lipinski definition) is 1. The van der Waals surface area contributed by atoms with Crippen LogP contribution >= 0.6 is 11.3 Å². The molecule has 0 saturated heterocycles. The first-order chi connectivity index (χ1) is 13.1. The van der Waals surface area contributed by atoms with E-state index in [4.69, 9.17) is 14.2 Å². The van der Waals surface area contributed by atoms with E-state index < -0.39 is 0 Å². The number of anilines is 1. The summed E-state index contributed by atoms with van der Waals surface area (Å²) in [6, 6.07) is 5.37. The quantitative estimate of drug-likeness (QED) is 0.732. The lowest BCUT2D eigenvalue weighted by Crippen LogP contribution is -2.17. The number of fused-ring (bicyclic) bond motifs is 1. The van der Waals surface area contributed by atoms with Crippen molar-refractivity contribution in [2.45, 2.75) is 32.6 Å². The first kappa shape index (κ1) is 19.2. The Labute approximate surface area is 162 Å². The zero-order chi connectivity index (χ0) is 19.4. The molecular weight excluding hydrogens is 366 g/mol. The lowest BCUT2D eigenvalue weighted by atomic mass is 10.1. The van der Waals surface area contributed by atoms with Gasteiger partial charge >= 0.3 is 5.97 Å². The van der Waals surface area contributed by atoms with E-state index >= 15 is 0 Å². The summed E-state index contributed by atoms with van der Waals surface area (Å²) in [5, 5.41) is 3.49. The SMILES string of the molecule is CCOC(=O)c1c(NC(=O)Cc2ccc(OC)c(OC)c2)sc2c1CCC2. The molecule has 0 saturated carbocycles. The van der Waals surface area contributed by atoms with Gasteiger partial charge in [0.1, 0.15) is 5.00 Å². The molecule has 27 heavy (non-hydrogen) atoms. The Hall–Kier alpha value is -2.54. The molecule has 3 rings (SSSR count).